The molecule has 1 amide bonds. The Kier molecular flexibility index (Phi) is 6.95. The van der Waals surface area contributed by atoms with Crippen LogP contribution in [0.1, 0.15) is 51.3 Å². The first-order valence-electron chi connectivity index (χ1n) is 9.78. The third-order valence-electron chi connectivity index (χ3n) is 4.75. The van der Waals surface area contributed by atoms with Gasteiger partial charge in [-0.1, -0.05) is 49.7 Å². The summed E-state index contributed by atoms with van der Waals surface area (Å²) in [6.45, 7) is 3.94. The van der Waals surface area contributed by atoms with Crippen LogP contribution in [0, 0.1) is 6.92 Å². The predicted molar refractivity (Wildman–Crippen MR) is 124 cm³/mol. The van der Waals surface area contributed by atoms with E-state index in [9.17, 15) is 13.2 Å². The van der Waals surface area contributed by atoms with Crippen molar-refractivity contribution in [2.75, 3.05) is 11.0 Å². The van der Waals surface area contributed by atoms with Crippen molar-refractivity contribution < 1.29 is 13.2 Å². The largest absolute Gasteiger partial charge is 0.340 e. The molecule has 0 radical (unpaired) electrons. The molecule has 1 heterocycles. The van der Waals surface area contributed by atoms with Gasteiger partial charge >= 0.3 is 0 Å². The number of thiophene rings is 1. The number of nitrogens with one attached hydrogen (secondary N) is 2. The zero-order chi connectivity index (χ0) is 21.7. The SMILES string of the molecule is CCCc1ccc([C@H](NC(=O)c2ccc(C)c(NS(C)(=O)=O)c2)c2cccs2)cc1. The van der Waals surface area contributed by atoms with E-state index in [0.29, 0.717) is 11.3 Å². The molecule has 0 saturated carbocycles. The van der Waals surface area contributed by atoms with Crippen molar-refractivity contribution in [3.8, 4) is 0 Å². The van der Waals surface area contributed by atoms with Gasteiger partial charge in [0.25, 0.3) is 5.91 Å². The smallest absolute Gasteiger partial charge is 0.252 e. The van der Waals surface area contributed by atoms with E-state index < -0.39 is 10.0 Å². The number of anilines is 1. The Morgan fingerprint density at radius 2 is 1.83 bits per heavy atom. The molecular weight excluding hydrogens is 416 g/mol. The van der Waals surface area contributed by atoms with Crippen LogP contribution in [0.5, 0.6) is 0 Å². The second kappa shape index (κ2) is 9.45. The quantitative estimate of drug-likeness (QED) is 0.521. The Labute approximate surface area is 182 Å². The molecule has 30 heavy (non-hydrogen) atoms. The molecule has 1 aromatic heterocycles. The molecule has 0 aliphatic rings. The highest BCUT2D eigenvalue weighted by atomic mass is 32.2. The summed E-state index contributed by atoms with van der Waals surface area (Å²) < 4.78 is 25.7. The number of hydrogen-bond donors (Lipinski definition) is 2. The van der Waals surface area contributed by atoms with Gasteiger partial charge in [-0.3, -0.25) is 9.52 Å². The zero-order valence-corrected chi connectivity index (χ0v) is 18.9. The van der Waals surface area contributed by atoms with Gasteiger partial charge < -0.3 is 5.32 Å². The summed E-state index contributed by atoms with van der Waals surface area (Å²) in [6.07, 6.45) is 3.20. The van der Waals surface area contributed by atoms with Gasteiger partial charge in [-0.15, -0.1) is 11.3 Å². The summed E-state index contributed by atoms with van der Waals surface area (Å²) >= 11 is 1.58. The summed E-state index contributed by atoms with van der Waals surface area (Å²) in [6, 6.07) is 17.0. The number of carbonyl (C=O) groups is 1. The lowest BCUT2D eigenvalue weighted by Gasteiger charge is -2.19. The molecule has 0 saturated heterocycles. The molecule has 158 valence electrons. The minimum absolute atomic E-state index is 0.261. The van der Waals surface area contributed by atoms with Crippen molar-refractivity contribution in [1.29, 1.82) is 0 Å². The molecule has 2 aromatic carbocycles. The molecule has 0 bridgehead atoms. The maximum Gasteiger partial charge on any atom is 0.252 e. The van der Waals surface area contributed by atoms with Crippen molar-refractivity contribution >= 4 is 33.0 Å². The predicted octanol–water partition coefficient (Wildman–Crippen LogP) is 4.90. The second-order valence-electron chi connectivity index (χ2n) is 7.32. The van der Waals surface area contributed by atoms with E-state index in [-0.39, 0.29) is 11.9 Å². The Balaban J connectivity index is 1.88. The Bertz CT molecular complexity index is 1110. The number of sulfonamides is 1. The van der Waals surface area contributed by atoms with Crippen LogP contribution < -0.4 is 10.0 Å². The van der Waals surface area contributed by atoms with E-state index in [2.05, 4.69) is 41.2 Å². The highest BCUT2D eigenvalue weighted by Gasteiger charge is 2.20. The fraction of sp³-hybridized carbons (Fsp3) is 0.261. The average molecular weight is 443 g/mol. The van der Waals surface area contributed by atoms with E-state index >= 15 is 0 Å². The number of hydrogen-bond acceptors (Lipinski definition) is 4. The van der Waals surface area contributed by atoms with Crippen LogP contribution in [-0.2, 0) is 16.4 Å². The topological polar surface area (TPSA) is 75.3 Å². The van der Waals surface area contributed by atoms with Gasteiger partial charge in [-0.25, -0.2) is 8.42 Å². The fourth-order valence-electron chi connectivity index (χ4n) is 3.23. The third kappa shape index (κ3) is 5.70. The normalized spacial score (nSPS) is 12.4. The highest BCUT2D eigenvalue weighted by molar-refractivity contribution is 7.92. The van der Waals surface area contributed by atoms with Gasteiger partial charge in [-0.05, 0) is 53.6 Å². The number of aryl methyl sites for hydroxylation is 2. The number of amides is 1. The third-order valence-corrected chi connectivity index (χ3v) is 6.28. The molecule has 7 heteroatoms. The maximum atomic E-state index is 13.0. The van der Waals surface area contributed by atoms with Crippen molar-refractivity contribution in [3.05, 3.63) is 87.1 Å². The molecule has 0 unspecified atom stereocenters. The first-order chi connectivity index (χ1) is 14.3. The first kappa shape index (κ1) is 22.1. The van der Waals surface area contributed by atoms with Crippen molar-refractivity contribution in [1.82, 2.24) is 5.32 Å². The maximum absolute atomic E-state index is 13.0. The Hall–Kier alpha value is -2.64. The van der Waals surface area contributed by atoms with Crippen LogP contribution in [-0.4, -0.2) is 20.6 Å². The van der Waals surface area contributed by atoms with Gasteiger partial charge in [0.2, 0.25) is 10.0 Å². The minimum Gasteiger partial charge on any atom is -0.340 e. The van der Waals surface area contributed by atoms with Crippen molar-refractivity contribution in [3.63, 3.8) is 0 Å². The van der Waals surface area contributed by atoms with Gasteiger partial charge in [0.1, 0.15) is 0 Å². The van der Waals surface area contributed by atoms with Crippen LogP contribution in [0.2, 0.25) is 0 Å². The van der Waals surface area contributed by atoms with E-state index in [0.717, 1.165) is 35.1 Å². The van der Waals surface area contributed by atoms with Crippen LogP contribution in [0.15, 0.2) is 60.0 Å². The minimum atomic E-state index is -3.43. The number of benzene rings is 2. The molecule has 2 N–H and O–H groups in total. The van der Waals surface area contributed by atoms with E-state index in [1.165, 1.54) is 5.56 Å². The number of rotatable bonds is 8. The first-order valence-corrected chi connectivity index (χ1v) is 12.6. The lowest BCUT2D eigenvalue weighted by atomic mass is 10.0. The van der Waals surface area contributed by atoms with Crippen LogP contribution >= 0.6 is 11.3 Å². The molecule has 3 aromatic rings. The Morgan fingerprint density at radius 3 is 2.43 bits per heavy atom. The molecule has 3 rings (SSSR count). The monoisotopic (exact) mass is 442 g/mol. The van der Waals surface area contributed by atoms with E-state index in [4.69, 9.17) is 0 Å². The van der Waals surface area contributed by atoms with Crippen LogP contribution in [0.25, 0.3) is 0 Å². The molecule has 0 aliphatic carbocycles. The van der Waals surface area contributed by atoms with Gasteiger partial charge in [0.05, 0.1) is 18.0 Å². The van der Waals surface area contributed by atoms with Gasteiger partial charge in [0.15, 0.2) is 0 Å². The summed E-state index contributed by atoms with van der Waals surface area (Å²) in [5.74, 6) is -0.261. The fourth-order valence-corrected chi connectivity index (χ4v) is 4.65. The molecule has 0 fully saturated rings. The van der Waals surface area contributed by atoms with E-state index in [1.807, 2.05) is 17.5 Å². The molecule has 0 spiro atoms. The van der Waals surface area contributed by atoms with Gasteiger partial charge in [0, 0.05) is 10.4 Å². The molecule has 0 aliphatic heterocycles. The molecule has 1 atom stereocenters. The molecule has 5 nitrogen and oxygen atoms in total. The summed E-state index contributed by atoms with van der Waals surface area (Å²) in [5.41, 5.74) is 3.83. The standard InChI is InChI=1S/C23H26N2O3S2/c1-4-6-17-9-12-18(13-10-17)22(21-7-5-14-29-21)24-23(26)19-11-8-16(2)20(15-19)25-30(3,27)28/h5,7-15,22,25H,4,6H2,1-3H3,(H,24,26)/t22-/m0/s1. The van der Waals surface area contributed by atoms with Crippen molar-refractivity contribution in [2.24, 2.45) is 0 Å². The summed E-state index contributed by atoms with van der Waals surface area (Å²) in [5, 5.41) is 5.09. The average Bonchev–Trinajstić information content (AvgIpc) is 3.22. The second-order valence-corrected chi connectivity index (χ2v) is 10.0. The van der Waals surface area contributed by atoms with Crippen molar-refractivity contribution in [2.45, 2.75) is 32.7 Å². The zero-order valence-electron chi connectivity index (χ0n) is 17.3. The summed E-state index contributed by atoms with van der Waals surface area (Å²) in [4.78, 5) is 14.1. The van der Waals surface area contributed by atoms with Crippen LogP contribution in [0.3, 0.4) is 0 Å². The van der Waals surface area contributed by atoms with E-state index in [1.54, 1.807) is 36.5 Å². The highest BCUT2D eigenvalue weighted by Crippen LogP contribution is 2.27. The summed E-state index contributed by atoms with van der Waals surface area (Å²) in [7, 11) is -3.43. The number of carbonyl (C=O) groups excluding carboxylic acids is 1. The van der Waals surface area contributed by atoms with Gasteiger partial charge in [-0.2, -0.15) is 0 Å². The lowest BCUT2D eigenvalue weighted by molar-refractivity contribution is 0.0943. The lowest BCUT2D eigenvalue weighted by Crippen LogP contribution is -2.29. The molecular formula is C23H26N2O3S2. The van der Waals surface area contributed by atoms with Crippen LogP contribution in [0.4, 0.5) is 5.69 Å². The Morgan fingerprint density at radius 1 is 1.10 bits per heavy atom.